The lowest BCUT2D eigenvalue weighted by Crippen LogP contribution is -2.31. The van der Waals surface area contributed by atoms with Crippen molar-refractivity contribution in [1.29, 1.82) is 0 Å². The zero-order chi connectivity index (χ0) is 13.5. The van der Waals surface area contributed by atoms with Crippen LogP contribution in [0.15, 0.2) is 30.3 Å². The number of carbonyl (C=O) groups is 2. The van der Waals surface area contributed by atoms with Crippen LogP contribution >= 0.6 is 0 Å². The van der Waals surface area contributed by atoms with Crippen molar-refractivity contribution in [3.05, 3.63) is 35.9 Å². The van der Waals surface area contributed by atoms with Crippen LogP contribution in [0.4, 0.5) is 0 Å². The van der Waals surface area contributed by atoms with Gasteiger partial charge < -0.3 is 9.47 Å². The predicted octanol–water partition coefficient (Wildman–Crippen LogP) is 2.17. The zero-order valence-corrected chi connectivity index (χ0v) is 10.9. The van der Waals surface area contributed by atoms with Crippen LogP contribution in [0.5, 0.6) is 0 Å². The van der Waals surface area contributed by atoms with Crippen LogP contribution in [-0.2, 0) is 25.7 Å². The molecule has 4 heteroatoms. The highest BCUT2D eigenvalue weighted by atomic mass is 16.5. The summed E-state index contributed by atoms with van der Waals surface area (Å²) in [4.78, 5) is 23.3. The minimum Gasteiger partial charge on any atom is -0.468 e. The highest BCUT2D eigenvalue weighted by molar-refractivity contribution is 5.95. The minimum absolute atomic E-state index is 0.152. The fourth-order valence-corrected chi connectivity index (χ4v) is 1.59. The van der Waals surface area contributed by atoms with Crippen LogP contribution in [0.2, 0.25) is 0 Å². The van der Waals surface area contributed by atoms with Gasteiger partial charge >= 0.3 is 11.9 Å². The van der Waals surface area contributed by atoms with Gasteiger partial charge in [0.2, 0.25) is 0 Å². The van der Waals surface area contributed by atoms with Crippen molar-refractivity contribution in [1.82, 2.24) is 0 Å². The summed E-state index contributed by atoms with van der Waals surface area (Å²) in [7, 11) is 1.27. The lowest BCUT2D eigenvalue weighted by molar-refractivity contribution is -0.163. The van der Waals surface area contributed by atoms with Crippen molar-refractivity contribution in [2.75, 3.05) is 7.11 Å². The number of rotatable bonds is 5. The molecule has 0 amide bonds. The molecule has 0 bridgehead atoms. The molecule has 0 heterocycles. The minimum atomic E-state index is -0.862. The summed E-state index contributed by atoms with van der Waals surface area (Å²) < 4.78 is 9.74. The first-order valence-electron chi connectivity index (χ1n) is 5.84. The Hall–Kier alpha value is -1.84. The van der Waals surface area contributed by atoms with Crippen molar-refractivity contribution in [3.63, 3.8) is 0 Å². The number of ether oxygens (including phenoxy) is 2. The van der Waals surface area contributed by atoms with Crippen molar-refractivity contribution in [3.8, 4) is 0 Å². The van der Waals surface area contributed by atoms with Crippen molar-refractivity contribution < 1.29 is 19.1 Å². The van der Waals surface area contributed by atoms with Gasteiger partial charge in [0.25, 0.3) is 0 Å². The summed E-state index contributed by atoms with van der Waals surface area (Å²) in [5, 5.41) is 0. The third kappa shape index (κ3) is 3.87. The van der Waals surface area contributed by atoms with Gasteiger partial charge in [0.05, 0.1) is 7.11 Å². The van der Waals surface area contributed by atoms with Crippen molar-refractivity contribution in [2.24, 2.45) is 11.8 Å². The molecule has 4 nitrogen and oxygen atoms in total. The van der Waals surface area contributed by atoms with Crippen LogP contribution in [0.1, 0.15) is 19.4 Å². The van der Waals surface area contributed by atoms with E-state index < -0.39 is 17.9 Å². The van der Waals surface area contributed by atoms with Crippen LogP contribution in [0.3, 0.4) is 0 Å². The molecule has 1 unspecified atom stereocenters. The highest BCUT2D eigenvalue weighted by Crippen LogP contribution is 2.15. The highest BCUT2D eigenvalue weighted by Gasteiger charge is 2.32. The SMILES string of the molecule is COC(=O)C(C(=O)OCc1ccccc1)C(C)C. The summed E-state index contributed by atoms with van der Waals surface area (Å²) in [6.07, 6.45) is 0. The van der Waals surface area contributed by atoms with E-state index in [1.165, 1.54) is 7.11 Å². The molecule has 0 radical (unpaired) electrons. The Morgan fingerprint density at radius 2 is 1.72 bits per heavy atom. The van der Waals surface area contributed by atoms with Crippen LogP contribution < -0.4 is 0 Å². The standard InChI is InChI=1S/C14H18O4/c1-10(2)12(13(15)17-3)14(16)18-9-11-7-5-4-6-8-11/h4-8,10,12H,9H2,1-3H3. The molecule has 1 aromatic rings. The van der Waals surface area contributed by atoms with E-state index in [-0.39, 0.29) is 12.5 Å². The number of hydrogen-bond donors (Lipinski definition) is 0. The molecular formula is C14H18O4. The molecule has 0 N–H and O–H groups in total. The summed E-state index contributed by atoms with van der Waals surface area (Å²) in [6, 6.07) is 9.33. The second-order valence-corrected chi connectivity index (χ2v) is 4.34. The van der Waals surface area contributed by atoms with E-state index >= 15 is 0 Å². The first kappa shape index (κ1) is 14.2. The maximum atomic E-state index is 11.8. The lowest BCUT2D eigenvalue weighted by Gasteiger charge is -2.16. The van der Waals surface area contributed by atoms with Crippen LogP contribution in [-0.4, -0.2) is 19.0 Å². The molecule has 98 valence electrons. The molecule has 0 aliphatic rings. The van der Waals surface area contributed by atoms with E-state index in [0.717, 1.165) is 5.56 Å². The third-order valence-corrected chi connectivity index (χ3v) is 2.60. The Kier molecular flexibility index (Phi) is 5.36. The van der Waals surface area contributed by atoms with Gasteiger partial charge in [0.15, 0.2) is 5.92 Å². The lowest BCUT2D eigenvalue weighted by atomic mass is 9.96. The summed E-state index contributed by atoms with van der Waals surface area (Å²) in [5.41, 5.74) is 0.887. The summed E-state index contributed by atoms with van der Waals surface area (Å²) >= 11 is 0. The molecule has 0 spiro atoms. The van der Waals surface area contributed by atoms with Gasteiger partial charge in [-0.25, -0.2) is 0 Å². The zero-order valence-electron chi connectivity index (χ0n) is 10.9. The Morgan fingerprint density at radius 3 is 2.22 bits per heavy atom. The monoisotopic (exact) mass is 250 g/mol. The van der Waals surface area contributed by atoms with Gasteiger partial charge in [-0.15, -0.1) is 0 Å². The molecule has 18 heavy (non-hydrogen) atoms. The number of esters is 2. The maximum absolute atomic E-state index is 11.8. The molecule has 0 saturated heterocycles. The van der Waals surface area contributed by atoms with E-state index in [2.05, 4.69) is 4.74 Å². The van der Waals surface area contributed by atoms with Gasteiger partial charge in [0.1, 0.15) is 6.61 Å². The largest absolute Gasteiger partial charge is 0.468 e. The number of carbonyl (C=O) groups excluding carboxylic acids is 2. The molecule has 1 atom stereocenters. The predicted molar refractivity (Wildman–Crippen MR) is 66.6 cm³/mol. The van der Waals surface area contributed by atoms with Crippen molar-refractivity contribution in [2.45, 2.75) is 20.5 Å². The second kappa shape index (κ2) is 6.79. The normalized spacial score (nSPS) is 12.0. The molecule has 0 saturated carbocycles. The smallest absolute Gasteiger partial charge is 0.320 e. The van der Waals surface area contributed by atoms with Gasteiger partial charge in [0, 0.05) is 0 Å². The molecule has 0 aromatic heterocycles. The average Bonchev–Trinajstić information content (AvgIpc) is 2.37. The molecular weight excluding hydrogens is 232 g/mol. The number of hydrogen-bond acceptors (Lipinski definition) is 4. The first-order valence-corrected chi connectivity index (χ1v) is 5.84. The Balaban J connectivity index is 2.60. The second-order valence-electron chi connectivity index (χ2n) is 4.34. The molecule has 0 fully saturated rings. The van der Waals surface area contributed by atoms with E-state index in [1.807, 2.05) is 30.3 Å². The average molecular weight is 250 g/mol. The van der Waals surface area contributed by atoms with Gasteiger partial charge in [-0.3, -0.25) is 9.59 Å². The summed E-state index contributed by atoms with van der Waals surface area (Å²) in [6.45, 7) is 3.73. The van der Waals surface area contributed by atoms with Gasteiger partial charge in [-0.2, -0.15) is 0 Å². The van der Waals surface area contributed by atoms with E-state index in [0.29, 0.717) is 0 Å². The van der Waals surface area contributed by atoms with Crippen LogP contribution in [0.25, 0.3) is 0 Å². The topological polar surface area (TPSA) is 52.6 Å². The molecule has 0 aliphatic heterocycles. The Bertz CT molecular complexity index is 398. The number of methoxy groups -OCH3 is 1. The molecule has 1 rings (SSSR count). The van der Waals surface area contributed by atoms with Gasteiger partial charge in [-0.05, 0) is 11.5 Å². The summed E-state index contributed by atoms with van der Waals surface area (Å²) in [5.74, 6) is -2.11. The van der Waals surface area contributed by atoms with E-state index in [1.54, 1.807) is 13.8 Å². The first-order chi connectivity index (χ1) is 8.56. The van der Waals surface area contributed by atoms with E-state index in [4.69, 9.17) is 4.74 Å². The third-order valence-electron chi connectivity index (χ3n) is 2.60. The molecule has 1 aromatic carbocycles. The van der Waals surface area contributed by atoms with E-state index in [9.17, 15) is 9.59 Å². The number of benzene rings is 1. The van der Waals surface area contributed by atoms with Crippen molar-refractivity contribution >= 4 is 11.9 Å². The molecule has 0 aliphatic carbocycles. The van der Waals surface area contributed by atoms with Gasteiger partial charge in [-0.1, -0.05) is 44.2 Å². The quantitative estimate of drug-likeness (QED) is 0.593. The Morgan fingerprint density at radius 1 is 1.11 bits per heavy atom. The van der Waals surface area contributed by atoms with Crippen LogP contribution in [0, 0.1) is 11.8 Å². The fourth-order valence-electron chi connectivity index (χ4n) is 1.59. The fraction of sp³-hybridized carbons (Fsp3) is 0.429. The maximum Gasteiger partial charge on any atom is 0.320 e. The Labute approximate surface area is 107 Å².